The maximum Gasteiger partial charge on any atom is 0.182 e. The molecule has 0 atom stereocenters. The van der Waals surface area contributed by atoms with Crippen LogP contribution in [0.2, 0.25) is 0 Å². The zero-order chi connectivity index (χ0) is 9.97. The minimum absolute atomic E-state index is 0.436. The molecule has 0 aliphatic rings. The van der Waals surface area contributed by atoms with Gasteiger partial charge in [-0.2, -0.15) is 0 Å². The van der Waals surface area contributed by atoms with Crippen LogP contribution in [0.5, 0.6) is 0 Å². The van der Waals surface area contributed by atoms with Gasteiger partial charge in [-0.05, 0) is 6.92 Å². The molecule has 0 amide bonds. The lowest BCUT2D eigenvalue weighted by atomic mass is 10.4. The van der Waals surface area contributed by atoms with Crippen molar-refractivity contribution < 1.29 is 0 Å². The number of nitrogen functional groups attached to an aromatic ring is 1. The van der Waals surface area contributed by atoms with E-state index in [0.29, 0.717) is 18.0 Å². The van der Waals surface area contributed by atoms with Crippen LogP contribution < -0.4 is 5.73 Å². The van der Waals surface area contributed by atoms with E-state index in [2.05, 4.69) is 26.8 Å². The number of anilines is 1. The number of rotatable bonds is 1. The lowest BCUT2D eigenvalue weighted by Crippen LogP contribution is -1.99. The first kappa shape index (κ1) is 8.51. The van der Waals surface area contributed by atoms with Crippen molar-refractivity contribution in [2.45, 2.75) is 13.5 Å². The van der Waals surface area contributed by atoms with Gasteiger partial charge in [0, 0.05) is 0 Å². The van der Waals surface area contributed by atoms with Crippen molar-refractivity contribution in [3.05, 3.63) is 12.7 Å². The summed E-state index contributed by atoms with van der Waals surface area (Å²) in [6.07, 6.45) is 3.07. The third-order valence-electron chi connectivity index (χ3n) is 1.86. The molecule has 2 N–H and O–H groups in total. The summed E-state index contributed by atoms with van der Waals surface area (Å²) in [7, 11) is 0. The standard InChI is InChI=1S/C9H9N5/c1-2-3-4-14-6-13-9-7(14)8(10)11-5-12-9/h5-6H,4H2,1H3,(H2,10,11,12). The summed E-state index contributed by atoms with van der Waals surface area (Å²) in [6, 6.07) is 0. The number of fused-ring (bicyclic) bond motifs is 1. The van der Waals surface area contributed by atoms with Gasteiger partial charge in [0.15, 0.2) is 11.5 Å². The fraction of sp³-hybridized carbons (Fsp3) is 0.222. The minimum Gasteiger partial charge on any atom is -0.382 e. The number of aromatic nitrogens is 4. The molecule has 2 aromatic rings. The van der Waals surface area contributed by atoms with E-state index in [4.69, 9.17) is 5.73 Å². The summed E-state index contributed by atoms with van der Waals surface area (Å²) >= 11 is 0. The van der Waals surface area contributed by atoms with Crippen molar-refractivity contribution in [3.63, 3.8) is 0 Å². The molecule has 0 unspecified atom stereocenters. The van der Waals surface area contributed by atoms with Crippen LogP contribution in [0.1, 0.15) is 6.92 Å². The van der Waals surface area contributed by atoms with Crippen LogP contribution in [0.15, 0.2) is 12.7 Å². The van der Waals surface area contributed by atoms with Crippen LogP contribution in [0.25, 0.3) is 11.2 Å². The van der Waals surface area contributed by atoms with Gasteiger partial charge in [-0.15, -0.1) is 5.92 Å². The quantitative estimate of drug-likeness (QED) is 0.657. The molecule has 0 saturated carbocycles. The Hall–Kier alpha value is -2.09. The molecule has 0 spiro atoms. The van der Waals surface area contributed by atoms with Crippen LogP contribution in [-0.2, 0) is 6.54 Å². The highest BCUT2D eigenvalue weighted by Crippen LogP contribution is 2.14. The molecule has 0 aliphatic carbocycles. The predicted octanol–water partition coefficient (Wildman–Crippen LogP) is 0.432. The Morgan fingerprint density at radius 1 is 1.43 bits per heavy atom. The summed E-state index contributed by atoms with van der Waals surface area (Å²) < 4.78 is 1.83. The molecule has 0 bridgehead atoms. The summed E-state index contributed by atoms with van der Waals surface area (Å²) in [5.41, 5.74) is 7.07. The van der Waals surface area contributed by atoms with Crippen LogP contribution in [0.4, 0.5) is 5.82 Å². The Balaban J connectivity index is 2.59. The second-order valence-corrected chi connectivity index (χ2v) is 2.73. The zero-order valence-electron chi connectivity index (χ0n) is 7.73. The molecule has 14 heavy (non-hydrogen) atoms. The van der Waals surface area contributed by atoms with Gasteiger partial charge in [-0.25, -0.2) is 15.0 Å². The van der Waals surface area contributed by atoms with Crippen molar-refractivity contribution in [2.24, 2.45) is 0 Å². The Labute approximate surface area is 81.0 Å². The number of hydrogen-bond acceptors (Lipinski definition) is 4. The van der Waals surface area contributed by atoms with E-state index in [1.165, 1.54) is 6.33 Å². The van der Waals surface area contributed by atoms with E-state index < -0.39 is 0 Å². The molecular weight excluding hydrogens is 178 g/mol. The Morgan fingerprint density at radius 3 is 3.07 bits per heavy atom. The summed E-state index contributed by atoms with van der Waals surface area (Å²) in [6.45, 7) is 2.35. The molecule has 0 fully saturated rings. The first-order valence-corrected chi connectivity index (χ1v) is 4.14. The largest absolute Gasteiger partial charge is 0.382 e. The second-order valence-electron chi connectivity index (χ2n) is 2.73. The maximum atomic E-state index is 5.71. The van der Waals surface area contributed by atoms with Gasteiger partial charge in [0.05, 0.1) is 12.9 Å². The fourth-order valence-corrected chi connectivity index (χ4v) is 1.22. The highest BCUT2D eigenvalue weighted by Gasteiger charge is 2.06. The average molecular weight is 187 g/mol. The smallest absolute Gasteiger partial charge is 0.182 e. The average Bonchev–Trinajstić information content (AvgIpc) is 2.59. The van der Waals surface area contributed by atoms with Gasteiger partial charge >= 0.3 is 0 Å². The molecule has 70 valence electrons. The molecule has 5 nitrogen and oxygen atoms in total. The SMILES string of the molecule is CC#CCn1cnc2ncnc(N)c21. The molecule has 2 rings (SSSR count). The second kappa shape index (κ2) is 3.34. The first-order chi connectivity index (χ1) is 6.83. The monoisotopic (exact) mass is 187 g/mol. The predicted molar refractivity (Wildman–Crippen MR) is 53.2 cm³/mol. The van der Waals surface area contributed by atoms with Crippen molar-refractivity contribution in [1.82, 2.24) is 19.5 Å². The van der Waals surface area contributed by atoms with Gasteiger partial charge in [0.25, 0.3) is 0 Å². The van der Waals surface area contributed by atoms with Crippen molar-refractivity contribution in [2.75, 3.05) is 5.73 Å². The molecule has 0 radical (unpaired) electrons. The maximum absolute atomic E-state index is 5.71. The Morgan fingerprint density at radius 2 is 2.29 bits per heavy atom. The lowest BCUT2D eigenvalue weighted by molar-refractivity contribution is 0.869. The molecular formula is C9H9N5. The Kier molecular flexibility index (Phi) is 2.03. The first-order valence-electron chi connectivity index (χ1n) is 4.14. The highest BCUT2D eigenvalue weighted by molar-refractivity contribution is 5.81. The van der Waals surface area contributed by atoms with Crippen molar-refractivity contribution in [1.29, 1.82) is 0 Å². The van der Waals surface area contributed by atoms with Gasteiger partial charge in [-0.1, -0.05) is 5.92 Å². The lowest BCUT2D eigenvalue weighted by Gasteiger charge is -1.99. The highest BCUT2D eigenvalue weighted by atomic mass is 15.1. The van der Waals surface area contributed by atoms with Crippen LogP contribution in [0, 0.1) is 11.8 Å². The van der Waals surface area contributed by atoms with Gasteiger partial charge in [0.2, 0.25) is 0 Å². The molecule has 0 aromatic carbocycles. The van der Waals surface area contributed by atoms with Crippen molar-refractivity contribution >= 4 is 17.0 Å². The minimum atomic E-state index is 0.436. The van der Waals surface area contributed by atoms with E-state index >= 15 is 0 Å². The topological polar surface area (TPSA) is 69.6 Å². The van der Waals surface area contributed by atoms with Crippen LogP contribution in [-0.4, -0.2) is 19.5 Å². The van der Waals surface area contributed by atoms with E-state index in [1.54, 1.807) is 13.3 Å². The van der Waals surface area contributed by atoms with E-state index in [1.807, 2.05) is 4.57 Å². The fourth-order valence-electron chi connectivity index (χ4n) is 1.22. The molecule has 0 saturated heterocycles. The third kappa shape index (κ3) is 1.27. The molecule has 2 heterocycles. The number of imidazole rings is 1. The number of nitrogens with two attached hydrogens (primary N) is 1. The normalized spacial score (nSPS) is 9.79. The van der Waals surface area contributed by atoms with E-state index in [9.17, 15) is 0 Å². The van der Waals surface area contributed by atoms with E-state index in [0.717, 1.165) is 5.52 Å². The zero-order valence-corrected chi connectivity index (χ0v) is 7.73. The van der Waals surface area contributed by atoms with E-state index in [-0.39, 0.29) is 0 Å². The molecule has 5 heteroatoms. The van der Waals surface area contributed by atoms with Gasteiger partial charge < -0.3 is 10.3 Å². The summed E-state index contributed by atoms with van der Waals surface area (Å²) in [4.78, 5) is 12.0. The molecule has 0 aliphatic heterocycles. The number of nitrogens with zero attached hydrogens (tertiary/aromatic N) is 4. The molecule has 2 aromatic heterocycles. The van der Waals surface area contributed by atoms with Crippen molar-refractivity contribution in [3.8, 4) is 11.8 Å². The summed E-state index contributed by atoms with van der Waals surface area (Å²) in [5, 5.41) is 0. The van der Waals surface area contributed by atoms with Gasteiger partial charge in [0.1, 0.15) is 11.8 Å². The van der Waals surface area contributed by atoms with Crippen LogP contribution >= 0.6 is 0 Å². The van der Waals surface area contributed by atoms with Crippen LogP contribution in [0.3, 0.4) is 0 Å². The van der Waals surface area contributed by atoms with Gasteiger partial charge in [-0.3, -0.25) is 0 Å². The third-order valence-corrected chi connectivity index (χ3v) is 1.86. The number of hydrogen-bond donors (Lipinski definition) is 1. The summed E-state index contributed by atoms with van der Waals surface area (Å²) in [5.74, 6) is 6.18. The Bertz CT molecular complexity index is 517.